The number of halogens is 1. The number of nitrogens with one attached hydrogen (secondary N) is 1. The first-order valence-corrected chi connectivity index (χ1v) is 7.72. The van der Waals surface area contributed by atoms with Gasteiger partial charge in [-0.1, -0.05) is 41.1 Å². The van der Waals surface area contributed by atoms with E-state index in [0.29, 0.717) is 16.3 Å². The normalized spacial score (nSPS) is 16.8. The average molecular weight is 320 g/mol. The number of hydrogen-bond donors (Lipinski definition) is 2. The van der Waals surface area contributed by atoms with Crippen LogP contribution in [0.25, 0.3) is 0 Å². The summed E-state index contributed by atoms with van der Waals surface area (Å²) in [5, 5.41) is 13.0. The zero-order valence-corrected chi connectivity index (χ0v) is 13.2. The number of aryl methyl sites for hydroxylation is 2. The molecule has 1 atom stereocenters. The number of fused-ring (bicyclic) bond motifs is 1. The lowest BCUT2D eigenvalue weighted by atomic mass is 10.1. The number of hydrogen-bond acceptors (Lipinski definition) is 3. The van der Waals surface area contributed by atoms with Crippen LogP contribution in [0.5, 0.6) is 0 Å². The fraction of sp³-hybridized carbons (Fsp3) is 0.188. The van der Waals surface area contributed by atoms with Gasteiger partial charge in [-0.25, -0.2) is 0 Å². The molecular weight excluding hydrogens is 306 g/mol. The minimum atomic E-state index is -1.13. The number of rotatable bonds is 2. The summed E-state index contributed by atoms with van der Waals surface area (Å²) in [5.41, 5.74) is 3.56. The van der Waals surface area contributed by atoms with E-state index in [9.17, 15) is 9.90 Å². The topological polar surface area (TPSA) is 49.3 Å². The Hall–Kier alpha value is -1.49. The second-order valence-corrected chi connectivity index (χ2v) is 6.62. The van der Waals surface area contributed by atoms with Crippen LogP contribution in [0.4, 0.5) is 5.69 Å². The molecule has 1 heterocycles. The van der Waals surface area contributed by atoms with Crippen LogP contribution in [-0.2, 0) is 4.79 Å². The van der Waals surface area contributed by atoms with Gasteiger partial charge in [0.25, 0.3) is 5.91 Å². The van der Waals surface area contributed by atoms with Gasteiger partial charge in [-0.05, 0) is 37.6 Å². The third-order valence-electron chi connectivity index (χ3n) is 3.46. The van der Waals surface area contributed by atoms with Crippen molar-refractivity contribution < 1.29 is 9.90 Å². The average Bonchev–Trinajstić information content (AvgIpc) is 2.69. The first kappa shape index (κ1) is 14.4. The van der Waals surface area contributed by atoms with E-state index in [4.69, 9.17) is 11.6 Å². The van der Waals surface area contributed by atoms with Gasteiger partial charge in [0.2, 0.25) is 0 Å². The van der Waals surface area contributed by atoms with Crippen molar-refractivity contribution in [3.63, 3.8) is 0 Å². The number of benzene rings is 2. The number of aliphatic hydroxyl groups is 1. The number of aliphatic hydroxyl groups excluding tert-OH is 1. The molecule has 3 nitrogen and oxygen atoms in total. The molecule has 0 saturated heterocycles. The summed E-state index contributed by atoms with van der Waals surface area (Å²) in [7, 11) is 0. The van der Waals surface area contributed by atoms with Crippen molar-refractivity contribution in [2.24, 2.45) is 0 Å². The van der Waals surface area contributed by atoms with Crippen LogP contribution in [-0.4, -0.2) is 11.0 Å². The summed E-state index contributed by atoms with van der Waals surface area (Å²) in [6.07, 6.45) is -1.13. The highest BCUT2D eigenvalue weighted by Gasteiger charge is 2.29. The molecule has 21 heavy (non-hydrogen) atoms. The molecule has 2 aromatic carbocycles. The van der Waals surface area contributed by atoms with Gasteiger partial charge < -0.3 is 10.4 Å². The molecule has 0 bridgehead atoms. The monoisotopic (exact) mass is 319 g/mol. The Morgan fingerprint density at radius 2 is 1.95 bits per heavy atom. The molecule has 5 heteroatoms. The third-order valence-corrected chi connectivity index (χ3v) is 5.12. The Labute approximate surface area is 132 Å². The molecule has 2 N–H and O–H groups in total. The summed E-state index contributed by atoms with van der Waals surface area (Å²) >= 11 is 7.84. The van der Waals surface area contributed by atoms with Crippen molar-refractivity contribution in [3.8, 4) is 0 Å². The molecule has 0 spiro atoms. The maximum atomic E-state index is 11.5. The largest absolute Gasteiger partial charge is 0.378 e. The van der Waals surface area contributed by atoms with Gasteiger partial charge in [0.15, 0.2) is 6.10 Å². The first-order valence-electron chi connectivity index (χ1n) is 6.53. The smallest absolute Gasteiger partial charge is 0.257 e. The van der Waals surface area contributed by atoms with Crippen LogP contribution in [0.2, 0.25) is 5.02 Å². The number of anilines is 1. The number of amides is 1. The molecular formula is C16H14ClNO2S. The van der Waals surface area contributed by atoms with E-state index in [1.54, 1.807) is 17.8 Å². The molecule has 2 aromatic rings. The molecule has 1 amide bonds. The summed E-state index contributed by atoms with van der Waals surface area (Å²) in [6, 6.07) is 9.71. The lowest BCUT2D eigenvalue weighted by Crippen LogP contribution is -2.10. The van der Waals surface area contributed by atoms with Gasteiger partial charge >= 0.3 is 0 Å². The Balaban J connectivity index is 1.97. The third kappa shape index (κ3) is 2.67. The van der Waals surface area contributed by atoms with Gasteiger partial charge in [0.05, 0.1) is 5.02 Å². The fourth-order valence-electron chi connectivity index (χ4n) is 2.36. The van der Waals surface area contributed by atoms with Crippen molar-refractivity contribution in [1.29, 1.82) is 0 Å². The molecule has 0 aliphatic carbocycles. The van der Waals surface area contributed by atoms with Gasteiger partial charge in [0, 0.05) is 21.0 Å². The van der Waals surface area contributed by atoms with Crippen LogP contribution in [0.3, 0.4) is 0 Å². The van der Waals surface area contributed by atoms with Crippen molar-refractivity contribution in [1.82, 2.24) is 0 Å². The lowest BCUT2D eigenvalue weighted by molar-refractivity contribution is -0.123. The van der Waals surface area contributed by atoms with E-state index in [-0.39, 0.29) is 0 Å². The molecule has 0 radical (unpaired) electrons. The van der Waals surface area contributed by atoms with Crippen molar-refractivity contribution >= 4 is 35.0 Å². The Morgan fingerprint density at radius 1 is 1.19 bits per heavy atom. The van der Waals surface area contributed by atoms with Crippen molar-refractivity contribution in [2.45, 2.75) is 29.7 Å². The predicted octanol–water partition coefficient (Wildman–Crippen LogP) is 4.09. The Kier molecular flexibility index (Phi) is 3.69. The van der Waals surface area contributed by atoms with Gasteiger partial charge in [-0.15, -0.1) is 0 Å². The van der Waals surface area contributed by atoms with Gasteiger partial charge in [-0.2, -0.15) is 0 Å². The molecule has 3 rings (SSSR count). The first-order chi connectivity index (χ1) is 9.95. The Bertz CT molecular complexity index is 745. The maximum Gasteiger partial charge on any atom is 0.257 e. The predicted molar refractivity (Wildman–Crippen MR) is 85.1 cm³/mol. The maximum absolute atomic E-state index is 11.5. The second kappa shape index (κ2) is 5.37. The fourth-order valence-corrected chi connectivity index (χ4v) is 3.57. The van der Waals surface area contributed by atoms with Gasteiger partial charge in [-0.3, -0.25) is 4.79 Å². The highest BCUT2D eigenvalue weighted by molar-refractivity contribution is 7.99. The molecule has 1 unspecified atom stereocenters. The molecule has 0 aromatic heterocycles. The summed E-state index contributed by atoms with van der Waals surface area (Å²) in [6.45, 7) is 4.11. The highest BCUT2D eigenvalue weighted by Crippen LogP contribution is 2.41. The summed E-state index contributed by atoms with van der Waals surface area (Å²) in [5.74, 6) is -0.408. The molecule has 1 aliphatic rings. The van der Waals surface area contributed by atoms with Crippen molar-refractivity contribution in [2.75, 3.05) is 5.32 Å². The minimum absolute atomic E-state index is 0.408. The summed E-state index contributed by atoms with van der Waals surface area (Å²) in [4.78, 5) is 13.5. The Morgan fingerprint density at radius 3 is 2.67 bits per heavy atom. The van der Waals surface area contributed by atoms with Crippen LogP contribution < -0.4 is 5.32 Å². The van der Waals surface area contributed by atoms with E-state index < -0.39 is 12.0 Å². The zero-order valence-electron chi connectivity index (χ0n) is 11.6. The quantitative estimate of drug-likeness (QED) is 0.876. The molecule has 1 aliphatic heterocycles. The van der Waals surface area contributed by atoms with Crippen LogP contribution in [0, 0.1) is 13.8 Å². The molecule has 108 valence electrons. The van der Waals surface area contributed by atoms with Crippen molar-refractivity contribution in [3.05, 3.63) is 52.0 Å². The van der Waals surface area contributed by atoms with Crippen LogP contribution in [0.1, 0.15) is 22.8 Å². The van der Waals surface area contributed by atoms with Crippen LogP contribution >= 0.6 is 23.4 Å². The van der Waals surface area contributed by atoms with Crippen LogP contribution in [0.15, 0.2) is 40.1 Å². The lowest BCUT2D eigenvalue weighted by Gasteiger charge is -2.10. The van der Waals surface area contributed by atoms with E-state index in [1.165, 1.54) is 11.1 Å². The highest BCUT2D eigenvalue weighted by atomic mass is 35.5. The van der Waals surface area contributed by atoms with E-state index in [2.05, 4.69) is 37.4 Å². The molecule has 0 saturated carbocycles. The standard InChI is InChI=1S/C16H14ClNO2S/c1-8-3-4-13(9(2)5-8)21-14-7-12-10(6-11(14)17)15(19)16(20)18-12/h3-7,15,19H,1-2H3,(H,18,20). The zero-order chi connectivity index (χ0) is 15.1. The number of carbonyl (C=O) groups is 1. The number of carbonyl (C=O) groups excluding carboxylic acids is 1. The van der Waals surface area contributed by atoms with E-state index in [0.717, 1.165) is 9.79 Å². The van der Waals surface area contributed by atoms with E-state index in [1.807, 2.05) is 6.07 Å². The second-order valence-electron chi connectivity index (χ2n) is 5.13. The summed E-state index contributed by atoms with van der Waals surface area (Å²) < 4.78 is 0. The minimum Gasteiger partial charge on any atom is -0.378 e. The SMILES string of the molecule is Cc1ccc(Sc2cc3c(cc2Cl)C(O)C(=O)N3)c(C)c1. The molecule has 0 fully saturated rings. The van der Waals surface area contributed by atoms with E-state index >= 15 is 0 Å². The van der Waals surface area contributed by atoms with Gasteiger partial charge in [0.1, 0.15) is 0 Å².